The molecule has 6 nitrogen and oxygen atoms in total. The summed E-state index contributed by atoms with van der Waals surface area (Å²) < 4.78 is 10.1. The van der Waals surface area contributed by atoms with Crippen molar-refractivity contribution >= 4 is 11.6 Å². The highest BCUT2D eigenvalue weighted by atomic mass is 16.5. The van der Waals surface area contributed by atoms with Gasteiger partial charge in [-0.05, 0) is 13.3 Å². The first-order chi connectivity index (χ1) is 8.96. The number of carbonyl (C=O) groups excluding carboxylic acids is 2. The predicted molar refractivity (Wildman–Crippen MR) is 68.6 cm³/mol. The Kier molecular flexibility index (Phi) is 4.97. The summed E-state index contributed by atoms with van der Waals surface area (Å²) in [7, 11) is 2.91. The predicted octanol–water partition coefficient (Wildman–Crippen LogP) is 1.45. The first kappa shape index (κ1) is 15.1. The molecule has 0 amide bonds. The van der Waals surface area contributed by atoms with Gasteiger partial charge in [0.15, 0.2) is 5.78 Å². The zero-order valence-corrected chi connectivity index (χ0v) is 11.8. The number of rotatable bonds is 6. The van der Waals surface area contributed by atoms with Crippen LogP contribution in [0.4, 0.5) is 0 Å². The maximum atomic E-state index is 11.9. The van der Waals surface area contributed by atoms with Crippen molar-refractivity contribution in [2.75, 3.05) is 14.2 Å². The Morgan fingerprint density at radius 3 is 2.26 bits per heavy atom. The van der Waals surface area contributed by atoms with Crippen LogP contribution in [0.1, 0.15) is 37.4 Å². The number of hydrogen-bond acceptors (Lipinski definition) is 6. The lowest BCUT2D eigenvalue weighted by Crippen LogP contribution is -2.21. The molecular formula is C13H18N2O4. The molecule has 0 N–H and O–H groups in total. The van der Waals surface area contributed by atoms with Gasteiger partial charge >= 0.3 is 6.01 Å². The Morgan fingerprint density at radius 1 is 1.21 bits per heavy atom. The molecule has 0 spiro atoms. The van der Waals surface area contributed by atoms with Gasteiger partial charge in [-0.3, -0.25) is 9.59 Å². The van der Waals surface area contributed by atoms with Crippen LogP contribution in [0.15, 0.2) is 0 Å². The summed E-state index contributed by atoms with van der Waals surface area (Å²) in [5.74, 6) is -1.20. The number of carbonyl (C=O) groups is 2. The van der Waals surface area contributed by atoms with Crippen molar-refractivity contribution in [2.45, 2.75) is 33.1 Å². The molecule has 6 heteroatoms. The molecule has 19 heavy (non-hydrogen) atoms. The Labute approximate surface area is 112 Å². The molecule has 0 radical (unpaired) electrons. The molecule has 0 saturated heterocycles. The maximum absolute atomic E-state index is 11.9. The number of nitrogens with zero attached hydrogens (tertiary/aromatic N) is 2. The van der Waals surface area contributed by atoms with Crippen molar-refractivity contribution in [2.24, 2.45) is 0 Å². The minimum Gasteiger partial charge on any atom is -0.481 e. The van der Waals surface area contributed by atoms with Crippen molar-refractivity contribution in [1.82, 2.24) is 9.97 Å². The Morgan fingerprint density at radius 2 is 1.84 bits per heavy atom. The summed E-state index contributed by atoms with van der Waals surface area (Å²) in [6.45, 7) is 4.84. The minimum atomic E-state index is -0.594. The van der Waals surface area contributed by atoms with Crippen LogP contribution in [0.2, 0.25) is 0 Å². The largest absolute Gasteiger partial charge is 0.481 e. The molecule has 0 aliphatic heterocycles. The van der Waals surface area contributed by atoms with E-state index in [1.165, 1.54) is 21.1 Å². The van der Waals surface area contributed by atoms with E-state index in [1.54, 1.807) is 6.92 Å². The summed E-state index contributed by atoms with van der Waals surface area (Å²) in [4.78, 5) is 31.4. The van der Waals surface area contributed by atoms with Crippen LogP contribution in [-0.4, -0.2) is 35.8 Å². The Bertz CT molecular complexity index is 500. The first-order valence-electron chi connectivity index (χ1n) is 5.97. The third kappa shape index (κ3) is 3.07. The molecule has 0 fully saturated rings. The quantitative estimate of drug-likeness (QED) is 0.725. The van der Waals surface area contributed by atoms with Crippen LogP contribution in [-0.2, 0) is 9.59 Å². The molecule has 1 aromatic heterocycles. The average Bonchev–Trinajstić information content (AvgIpc) is 2.40. The van der Waals surface area contributed by atoms with Crippen molar-refractivity contribution in [3.63, 3.8) is 0 Å². The number of ether oxygens (including phenoxy) is 2. The average molecular weight is 266 g/mol. The highest BCUT2D eigenvalue weighted by molar-refractivity contribution is 6.38. The van der Waals surface area contributed by atoms with E-state index in [0.717, 1.165) is 0 Å². The molecule has 104 valence electrons. The molecule has 1 unspecified atom stereocenters. The SMILES string of the molecule is CCC(C(=O)C(C)=O)c1nc(OC)nc(OC)c1C. The van der Waals surface area contributed by atoms with Gasteiger partial charge in [0.05, 0.1) is 25.8 Å². The molecule has 0 bridgehead atoms. The van der Waals surface area contributed by atoms with E-state index >= 15 is 0 Å². The molecule has 0 aromatic carbocycles. The summed E-state index contributed by atoms with van der Waals surface area (Å²) in [6.07, 6.45) is 0.475. The van der Waals surface area contributed by atoms with Crippen LogP contribution in [0.25, 0.3) is 0 Å². The van der Waals surface area contributed by atoms with Gasteiger partial charge in [0.25, 0.3) is 0 Å². The molecule has 0 aliphatic carbocycles. The van der Waals surface area contributed by atoms with Gasteiger partial charge in [0.1, 0.15) is 0 Å². The van der Waals surface area contributed by atoms with Crippen molar-refractivity contribution < 1.29 is 19.1 Å². The number of ketones is 2. The second kappa shape index (κ2) is 6.26. The topological polar surface area (TPSA) is 78.4 Å². The highest BCUT2D eigenvalue weighted by Crippen LogP contribution is 2.29. The van der Waals surface area contributed by atoms with Crippen LogP contribution >= 0.6 is 0 Å². The molecule has 1 heterocycles. The van der Waals surface area contributed by atoms with Gasteiger partial charge in [-0.2, -0.15) is 9.97 Å². The lowest BCUT2D eigenvalue weighted by atomic mass is 9.92. The number of aromatic nitrogens is 2. The van der Waals surface area contributed by atoms with Crippen LogP contribution in [0.5, 0.6) is 11.9 Å². The van der Waals surface area contributed by atoms with E-state index in [-0.39, 0.29) is 6.01 Å². The molecule has 0 aliphatic rings. The smallest absolute Gasteiger partial charge is 0.319 e. The fourth-order valence-corrected chi connectivity index (χ4v) is 1.87. The van der Waals surface area contributed by atoms with E-state index in [1.807, 2.05) is 6.92 Å². The van der Waals surface area contributed by atoms with Gasteiger partial charge in [-0.1, -0.05) is 6.92 Å². The van der Waals surface area contributed by atoms with Gasteiger partial charge < -0.3 is 9.47 Å². The van der Waals surface area contributed by atoms with E-state index in [4.69, 9.17) is 9.47 Å². The highest BCUT2D eigenvalue weighted by Gasteiger charge is 2.27. The maximum Gasteiger partial charge on any atom is 0.319 e. The minimum absolute atomic E-state index is 0.118. The van der Waals surface area contributed by atoms with Crippen LogP contribution in [0.3, 0.4) is 0 Å². The number of hydrogen-bond donors (Lipinski definition) is 0. The molecule has 1 aromatic rings. The van der Waals surface area contributed by atoms with Gasteiger partial charge in [-0.15, -0.1) is 0 Å². The van der Waals surface area contributed by atoms with Gasteiger partial charge in [0, 0.05) is 12.5 Å². The van der Waals surface area contributed by atoms with E-state index in [9.17, 15) is 9.59 Å². The van der Waals surface area contributed by atoms with Crippen LogP contribution < -0.4 is 9.47 Å². The third-order valence-corrected chi connectivity index (χ3v) is 2.90. The molecule has 1 rings (SSSR count). The van der Waals surface area contributed by atoms with E-state index < -0.39 is 17.5 Å². The lowest BCUT2D eigenvalue weighted by Gasteiger charge is -2.16. The van der Waals surface area contributed by atoms with Gasteiger partial charge in [0.2, 0.25) is 11.7 Å². The summed E-state index contributed by atoms with van der Waals surface area (Å²) in [5.41, 5.74) is 1.12. The Hall–Kier alpha value is -1.98. The zero-order chi connectivity index (χ0) is 14.6. The van der Waals surface area contributed by atoms with Crippen molar-refractivity contribution in [3.8, 4) is 11.9 Å². The van der Waals surface area contributed by atoms with Gasteiger partial charge in [-0.25, -0.2) is 0 Å². The first-order valence-corrected chi connectivity index (χ1v) is 5.97. The second-order valence-corrected chi connectivity index (χ2v) is 4.11. The van der Waals surface area contributed by atoms with E-state index in [2.05, 4.69) is 9.97 Å². The van der Waals surface area contributed by atoms with E-state index in [0.29, 0.717) is 23.6 Å². The second-order valence-electron chi connectivity index (χ2n) is 4.11. The van der Waals surface area contributed by atoms with Crippen molar-refractivity contribution in [1.29, 1.82) is 0 Å². The summed E-state index contributed by atoms with van der Waals surface area (Å²) >= 11 is 0. The fourth-order valence-electron chi connectivity index (χ4n) is 1.87. The fraction of sp³-hybridized carbons (Fsp3) is 0.538. The zero-order valence-electron chi connectivity index (χ0n) is 11.8. The summed E-state index contributed by atoms with van der Waals surface area (Å²) in [5, 5.41) is 0. The lowest BCUT2D eigenvalue weighted by molar-refractivity contribution is -0.136. The third-order valence-electron chi connectivity index (χ3n) is 2.90. The molecular weight excluding hydrogens is 248 g/mol. The number of methoxy groups -OCH3 is 2. The Balaban J connectivity index is 3.37. The molecule has 0 saturated carbocycles. The normalized spacial score (nSPS) is 11.8. The molecule has 1 atom stereocenters. The van der Waals surface area contributed by atoms with Crippen molar-refractivity contribution in [3.05, 3.63) is 11.3 Å². The monoisotopic (exact) mass is 266 g/mol. The standard InChI is InChI=1S/C13H18N2O4/c1-6-9(11(17)8(3)16)10-7(2)12(18-4)15-13(14-10)19-5/h9H,6H2,1-5H3. The number of Topliss-reactive ketones (excluding diaryl/α,β-unsaturated/α-hetero) is 2. The summed E-state index contributed by atoms with van der Waals surface area (Å²) in [6, 6.07) is 0.118. The van der Waals surface area contributed by atoms with Crippen LogP contribution in [0, 0.1) is 6.92 Å².